The van der Waals surface area contributed by atoms with Crippen LogP contribution in [0.2, 0.25) is 0 Å². The first kappa shape index (κ1) is 24.7. The van der Waals surface area contributed by atoms with Crippen LogP contribution in [0.4, 0.5) is 4.79 Å². The first-order chi connectivity index (χ1) is 16.9. The summed E-state index contributed by atoms with van der Waals surface area (Å²) in [6, 6.07) is -0.482. The molecule has 1 N–H and O–H groups in total. The molecule has 10 nitrogen and oxygen atoms in total. The third-order valence-corrected chi connectivity index (χ3v) is 9.58. The molecule has 0 radical (unpaired) electrons. The van der Waals surface area contributed by atoms with Gasteiger partial charge in [0.15, 0.2) is 0 Å². The summed E-state index contributed by atoms with van der Waals surface area (Å²) in [5.41, 5.74) is 2.05. The number of hydrogen-bond acceptors (Lipinski definition) is 8. The van der Waals surface area contributed by atoms with Crippen LogP contribution in [-0.4, -0.2) is 51.2 Å². The van der Waals surface area contributed by atoms with Crippen LogP contribution in [0.3, 0.4) is 0 Å². The zero-order valence-corrected chi connectivity index (χ0v) is 22.4. The Morgan fingerprint density at radius 2 is 1.92 bits per heavy atom. The molecule has 0 saturated heterocycles. The van der Waals surface area contributed by atoms with Crippen molar-refractivity contribution in [2.75, 3.05) is 0 Å². The van der Waals surface area contributed by atoms with E-state index in [0.717, 1.165) is 33.3 Å². The van der Waals surface area contributed by atoms with Crippen molar-refractivity contribution in [3.05, 3.63) is 55.7 Å². The van der Waals surface area contributed by atoms with Crippen LogP contribution in [0.25, 0.3) is 0 Å². The number of nitrogens with one attached hydrogen (secondary N) is 1. The Kier molecular flexibility index (Phi) is 5.88. The van der Waals surface area contributed by atoms with Gasteiger partial charge in [-0.15, -0.1) is 11.3 Å². The van der Waals surface area contributed by atoms with E-state index in [1.807, 2.05) is 20.8 Å². The van der Waals surface area contributed by atoms with Gasteiger partial charge in [0.25, 0.3) is 0 Å². The lowest BCUT2D eigenvalue weighted by Crippen LogP contribution is -2.54. The number of hydrogen-bond donors (Lipinski definition) is 1. The lowest BCUT2D eigenvalue weighted by atomic mass is 9.94. The monoisotopic (exact) mass is 530 g/mol. The summed E-state index contributed by atoms with van der Waals surface area (Å²) in [4.78, 5) is 33.9. The number of amides is 3. The Morgan fingerprint density at radius 1 is 1.19 bits per heavy atom. The van der Waals surface area contributed by atoms with Gasteiger partial charge in [0.05, 0.1) is 31.7 Å². The number of allylic oxidation sites excluding steroid dienone is 2. The second-order valence-electron chi connectivity index (χ2n) is 9.81. The predicted octanol–water partition coefficient (Wildman–Crippen LogP) is 3.02. The molecule has 5 rings (SSSR count). The molecule has 190 valence electrons. The topological polar surface area (TPSA) is 125 Å². The van der Waals surface area contributed by atoms with E-state index in [4.69, 9.17) is 4.52 Å². The molecule has 36 heavy (non-hydrogen) atoms. The van der Waals surface area contributed by atoms with Crippen molar-refractivity contribution in [1.29, 1.82) is 0 Å². The molecule has 0 bridgehead atoms. The minimum Gasteiger partial charge on any atom is -0.361 e. The summed E-state index contributed by atoms with van der Waals surface area (Å²) in [5, 5.41) is 4.82. The van der Waals surface area contributed by atoms with Gasteiger partial charge in [0.1, 0.15) is 30.5 Å². The Labute approximate surface area is 213 Å². The molecular formula is C24H28N5O5S2+. The van der Waals surface area contributed by atoms with Crippen LogP contribution in [0.1, 0.15) is 52.4 Å². The fourth-order valence-corrected chi connectivity index (χ4v) is 6.92. The average molecular weight is 531 g/mol. The summed E-state index contributed by atoms with van der Waals surface area (Å²) in [6.45, 7) is 9.32. The van der Waals surface area contributed by atoms with Crippen molar-refractivity contribution in [2.24, 2.45) is 5.92 Å². The molecule has 2 aliphatic carbocycles. The molecule has 2 aromatic rings. The van der Waals surface area contributed by atoms with E-state index in [2.05, 4.69) is 14.9 Å². The SMILES string of the molecule is Cc1nc(C)c(C[N+]2=C3C=CC(S(=O)(=O)NC4(C)CC4)=CC3C(=O)N(Cc3c(C)noc3C)C2=O)s1. The number of aromatic nitrogens is 2. The normalized spacial score (nSPS) is 21.2. The van der Waals surface area contributed by atoms with E-state index in [9.17, 15) is 18.0 Å². The Bertz CT molecular complexity index is 1470. The molecule has 12 heteroatoms. The number of fused-ring (bicyclic) bond motifs is 1. The highest BCUT2D eigenvalue weighted by Crippen LogP contribution is 2.37. The largest absolute Gasteiger partial charge is 0.501 e. The number of urea groups is 1. The van der Waals surface area contributed by atoms with E-state index in [1.165, 1.54) is 28.1 Å². The number of imide groups is 1. The van der Waals surface area contributed by atoms with E-state index in [1.54, 1.807) is 19.9 Å². The lowest BCUT2D eigenvalue weighted by molar-refractivity contribution is -0.456. The Morgan fingerprint density at radius 3 is 2.50 bits per heavy atom. The van der Waals surface area contributed by atoms with Gasteiger partial charge >= 0.3 is 11.9 Å². The highest BCUT2D eigenvalue weighted by molar-refractivity contribution is 7.93. The third-order valence-electron chi connectivity index (χ3n) is 6.86. The van der Waals surface area contributed by atoms with E-state index in [0.29, 0.717) is 22.7 Å². The molecule has 1 atom stereocenters. The van der Waals surface area contributed by atoms with E-state index in [-0.39, 0.29) is 18.0 Å². The van der Waals surface area contributed by atoms with Gasteiger partial charge in [-0.3, -0.25) is 0 Å². The van der Waals surface area contributed by atoms with Crippen LogP contribution in [0.15, 0.2) is 27.7 Å². The summed E-state index contributed by atoms with van der Waals surface area (Å²) >= 11 is 1.49. The summed E-state index contributed by atoms with van der Waals surface area (Å²) in [7, 11) is -3.82. The van der Waals surface area contributed by atoms with Gasteiger partial charge in [0.2, 0.25) is 10.0 Å². The van der Waals surface area contributed by atoms with Gasteiger partial charge in [0, 0.05) is 5.54 Å². The standard InChI is InChI=1S/C24H28N5O5S2/c1-13-19(15(3)34-26-13)11-29-22(30)18-10-17(36(32,33)27-24(5)8-9-24)6-7-20(18)28(23(29)31)12-21-14(2)25-16(4)35-21/h6-7,10,18,27H,8-9,11-12H2,1-5H3/q+1. The molecular weight excluding hydrogens is 502 g/mol. The minimum atomic E-state index is -3.82. The molecule has 1 fully saturated rings. The van der Waals surface area contributed by atoms with E-state index < -0.39 is 33.4 Å². The molecule has 3 aliphatic rings. The summed E-state index contributed by atoms with van der Waals surface area (Å²) < 4.78 is 35.6. The van der Waals surface area contributed by atoms with Crippen LogP contribution in [0.5, 0.6) is 0 Å². The number of carbonyl (C=O) groups excluding carboxylic acids is 2. The number of aryl methyl sites for hydroxylation is 4. The molecule has 0 aromatic carbocycles. The number of nitrogens with zero attached hydrogens (tertiary/aromatic N) is 4. The molecule has 1 aliphatic heterocycles. The summed E-state index contributed by atoms with van der Waals surface area (Å²) in [5.74, 6) is -0.896. The van der Waals surface area contributed by atoms with Crippen molar-refractivity contribution in [2.45, 2.75) is 66.1 Å². The highest BCUT2D eigenvalue weighted by atomic mass is 32.2. The maximum atomic E-state index is 13.7. The van der Waals surface area contributed by atoms with Crippen molar-refractivity contribution in [3.8, 4) is 0 Å². The Balaban J connectivity index is 1.57. The van der Waals surface area contributed by atoms with Crippen LogP contribution in [0, 0.1) is 33.6 Å². The molecule has 3 heterocycles. The first-order valence-electron chi connectivity index (χ1n) is 11.7. The molecule has 1 unspecified atom stereocenters. The van der Waals surface area contributed by atoms with Gasteiger partial charge in [-0.25, -0.2) is 22.9 Å². The smallest absolute Gasteiger partial charge is 0.361 e. The molecule has 1 saturated carbocycles. The minimum absolute atomic E-state index is 0.0181. The zero-order valence-electron chi connectivity index (χ0n) is 20.8. The Hall–Kier alpha value is -2.96. The van der Waals surface area contributed by atoms with Crippen molar-refractivity contribution in [1.82, 2.24) is 19.8 Å². The number of sulfonamides is 1. The van der Waals surface area contributed by atoms with Gasteiger partial charge < -0.3 is 4.52 Å². The molecule has 3 amide bonds. The number of thiazole rings is 1. The second-order valence-corrected chi connectivity index (χ2v) is 12.8. The van der Waals surface area contributed by atoms with Gasteiger partial charge in [-0.05, 0) is 65.7 Å². The fourth-order valence-electron chi connectivity index (χ4n) is 4.46. The summed E-state index contributed by atoms with van der Waals surface area (Å²) in [6.07, 6.45) is 6.01. The molecule has 2 aromatic heterocycles. The van der Waals surface area contributed by atoms with Crippen molar-refractivity contribution >= 4 is 39.0 Å². The second kappa shape index (κ2) is 8.56. The van der Waals surface area contributed by atoms with Crippen LogP contribution >= 0.6 is 11.3 Å². The fraction of sp³-hybridized carbons (Fsp3) is 0.458. The maximum Gasteiger partial charge on any atom is 0.501 e. The first-order valence-corrected chi connectivity index (χ1v) is 14.0. The van der Waals surface area contributed by atoms with Crippen molar-refractivity contribution < 1.29 is 27.1 Å². The maximum absolute atomic E-state index is 13.7. The van der Waals surface area contributed by atoms with E-state index >= 15 is 0 Å². The van der Waals surface area contributed by atoms with Gasteiger partial charge in [-0.2, -0.15) is 14.3 Å². The third kappa shape index (κ3) is 4.37. The van der Waals surface area contributed by atoms with Gasteiger partial charge in [-0.1, -0.05) is 5.16 Å². The average Bonchev–Trinajstić information content (AvgIpc) is 3.31. The number of rotatable bonds is 7. The molecule has 0 spiro atoms. The zero-order chi connectivity index (χ0) is 26.0. The van der Waals surface area contributed by atoms with Crippen molar-refractivity contribution in [3.63, 3.8) is 0 Å². The number of carbonyl (C=O) groups is 2. The lowest BCUT2D eigenvalue weighted by Gasteiger charge is -2.28. The highest BCUT2D eigenvalue weighted by Gasteiger charge is 2.49. The van der Waals surface area contributed by atoms with Crippen LogP contribution < -0.4 is 4.72 Å². The quantitative estimate of drug-likeness (QED) is 0.546. The van der Waals surface area contributed by atoms with Crippen LogP contribution in [-0.2, 0) is 27.9 Å². The predicted molar refractivity (Wildman–Crippen MR) is 133 cm³/mol.